The van der Waals surface area contributed by atoms with E-state index in [2.05, 4.69) is 146 Å². The van der Waals surface area contributed by atoms with Crippen LogP contribution in [0.1, 0.15) is 25.0 Å². The van der Waals surface area contributed by atoms with Gasteiger partial charge in [0, 0.05) is 48.4 Å². The van der Waals surface area contributed by atoms with Crippen molar-refractivity contribution in [2.24, 2.45) is 0 Å². The van der Waals surface area contributed by atoms with Gasteiger partial charge in [-0.1, -0.05) is 0 Å². The fraction of sp³-hybridized carbons (Fsp3) is 0.308. The molecule has 2 aromatic rings. The number of carboxylic acids is 4. The molecule has 15 nitrogen and oxygen atoms in total. The lowest BCUT2D eigenvalue weighted by Gasteiger charge is -2.21. The minimum atomic E-state index is -1.09. The van der Waals surface area contributed by atoms with Gasteiger partial charge >= 0.3 is 23.9 Å². The molecule has 0 atom stereocenters. The number of nitrogens with zero attached hydrogens (tertiary/aromatic N) is 2. The van der Waals surface area contributed by atoms with Crippen LogP contribution in [0.5, 0.6) is 0 Å². The van der Waals surface area contributed by atoms with E-state index in [4.69, 9.17) is 20.4 Å². The van der Waals surface area contributed by atoms with Crippen LogP contribution >= 0.6 is 136 Å². The Morgan fingerprint density at radius 2 is 0.809 bits per heavy atom. The molecule has 2 amide bonds. The molecule has 0 aliphatic carbocycles. The molecule has 2 aromatic carbocycles. The van der Waals surface area contributed by atoms with Gasteiger partial charge < -0.3 is 36.5 Å². The molecule has 0 radical (unpaired) electrons. The molecule has 260 valence electrons. The lowest BCUT2D eigenvalue weighted by atomic mass is 10.2. The smallest absolute Gasteiger partial charge is 0.317 e. The maximum absolute atomic E-state index is 11.3. The Bertz CT molecular complexity index is 1380. The van der Waals surface area contributed by atoms with Crippen LogP contribution in [-0.4, -0.2) is 97.6 Å². The summed E-state index contributed by atoms with van der Waals surface area (Å²) in [4.78, 5) is 69.0. The van der Waals surface area contributed by atoms with E-state index >= 15 is 0 Å². The van der Waals surface area contributed by atoms with Gasteiger partial charge in [-0.15, -0.1) is 0 Å². The molecule has 0 saturated heterocycles. The summed E-state index contributed by atoms with van der Waals surface area (Å²) in [6, 6.07) is 3.73. The normalized spacial score (nSPS) is 10.4. The standard InChI is InChI=1S/2C13H13I3N2O5.H2O/c2*1-6(19)17-13-9(15)2-8(14)7(12(13)16)3-18(4-10(20)21)5-11(22)23;/h2*2H,3-5H2,1H3,(H,17,19)(H,20,21)(H,22,23);1H2. The van der Waals surface area contributed by atoms with Crippen LogP contribution in [0.4, 0.5) is 11.4 Å². The van der Waals surface area contributed by atoms with Crippen molar-refractivity contribution in [2.45, 2.75) is 26.9 Å². The van der Waals surface area contributed by atoms with E-state index in [-0.39, 0.29) is 56.6 Å². The summed E-state index contributed by atoms with van der Waals surface area (Å²) < 4.78 is 5.03. The fourth-order valence-corrected chi connectivity index (χ4v) is 11.6. The first kappa shape index (κ1) is 46.5. The number of anilines is 2. The Kier molecular flexibility index (Phi) is 22.1. The molecular weight excluding hydrogens is 1310 g/mol. The van der Waals surface area contributed by atoms with E-state index in [9.17, 15) is 28.8 Å². The number of hydrogen-bond acceptors (Lipinski definition) is 8. The third-order valence-electron chi connectivity index (χ3n) is 5.33. The second kappa shape index (κ2) is 22.4. The molecule has 0 fully saturated rings. The van der Waals surface area contributed by atoms with E-state index in [0.717, 1.165) is 32.5 Å². The van der Waals surface area contributed by atoms with Gasteiger partial charge in [0.1, 0.15) is 0 Å². The zero-order valence-electron chi connectivity index (χ0n) is 24.3. The van der Waals surface area contributed by atoms with Crippen LogP contribution in [0.2, 0.25) is 0 Å². The molecule has 0 saturated carbocycles. The number of carboxylic acid groups (broad SMARTS) is 4. The van der Waals surface area contributed by atoms with E-state index in [1.54, 1.807) is 0 Å². The summed E-state index contributed by atoms with van der Waals surface area (Å²) in [5.74, 6) is -4.79. The molecule has 0 unspecified atom stereocenters. The van der Waals surface area contributed by atoms with Gasteiger partial charge in [-0.2, -0.15) is 0 Å². The van der Waals surface area contributed by atoms with Crippen LogP contribution in [-0.2, 0) is 41.9 Å². The topological polar surface area (TPSA) is 245 Å². The van der Waals surface area contributed by atoms with Crippen molar-refractivity contribution >= 4 is 183 Å². The predicted octanol–water partition coefficient (Wildman–Crippen LogP) is 4.04. The van der Waals surface area contributed by atoms with Crippen molar-refractivity contribution in [1.29, 1.82) is 0 Å². The van der Waals surface area contributed by atoms with Crippen LogP contribution in [0.3, 0.4) is 0 Å². The second-order valence-electron chi connectivity index (χ2n) is 9.24. The maximum atomic E-state index is 11.3. The minimum Gasteiger partial charge on any atom is -0.480 e. The van der Waals surface area contributed by atoms with Crippen molar-refractivity contribution in [1.82, 2.24) is 9.80 Å². The van der Waals surface area contributed by atoms with Gasteiger partial charge in [-0.25, -0.2) is 0 Å². The Morgan fingerprint density at radius 1 is 0.553 bits per heavy atom. The van der Waals surface area contributed by atoms with Gasteiger partial charge in [0.15, 0.2) is 0 Å². The summed E-state index contributed by atoms with van der Waals surface area (Å²) in [5.41, 5.74) is 2.88. The van der Waals surface area contributed by atoms with Crippen LogP contribution in [0, 0.1) is 21.4 Å². The minimum absolute atomic E-state index is 0. The van der Waals surface area contributed by atoms with Crippen LogP contribution in [0.15, 0.2) is 12.1 Å². The number of hydrogen-bond donors (Lipinski definition) is 6. The molecule has 2 rings (SSSR count). The first-order valence-corrected chi connectivity index (χ1v) is 18.9. The highest BCUT2D eigenvalue weighted by atomic mass is 127. The van der Waals surface area contributed by atoms with Crippen molar-refractivity contribution in [3.8, 4) is 0 Å². The number of rotatable bonds is 14. The molecule has 21 heteroatoms. The maximum Gasteiger partial charge on any atom is 0.317 e. The summed E-state index contributed by atoms with van der Waals surface area (Å²) in [7, 11) is 0. The number of carbonyl (C=O) groups is 6. The van der Waals surface area contributed by atoms with Crippen molar-refractivity contribution in [2.75, 3.05) is 36.8 Å². The third-order valence-corrected chi connectivity index (χ3v) is 11.3. The zero-order chi connectivity index (χ0) is 35.5. The molecule has 0 bridgehead atoms. The van der Waals surface area contributed by atoms with Crippen molar-refractivity contribution in [3.05, 3.63) is 44.7 Å². The molecule has 8 N–H and O–H groups in total. The molecule has 0 spiro atoms. The van der Waals surface area contributed by atoms with Crippen molar-refractivity contribution < 1.29 is 54.7 Å². The van der Waals surface area contributed by atoms with Gasteiger partial charge in [0.2, 0.25) is 11.8 Å². The summed E-state index contributed by atoms with van der Waals surface area (Å²) in [6.07, 6.45) is 0. The second-order valence-corrected chi connectivity index (χ2v) is 16.0. The fourth-order valence-electron chi connectivity index (χ4n) is 3.68. The number of carbonyl (C=O) groups excluding carboxylic acids is 2. The molecular formula is C26H28I6N4O11. The largest absolute Gasteiger partial charge is 0.480 e. The molecule has 0 heterocycles. The van der Waals surface area contributed by atoms with E-state index in [1.165, 1.54) is 23.6 Å². The Balaban J connectivity index is 0.000000882. The average Bonchev–Trinajstić information content (AvgIpc) is 2.88. The average molecular weight is 1330 g/mol. The number of aliphatic carboxylic acids is 4. The molecule has 0 aliphatic heterocycles. The third kappa shape index (κ3) is 16.9. The highest BCUT2D eigenvalue weighted by molar-refractivity contribution is 14.1. The first-order chi connectivity index (χ1) is 21.2. The number of halogens is 6. The first-order valence-electron chi connectivity index (χ1n) is 12.4. The molecule has 47 heavy (non-hydrogen) atoms. The summed E-state index contributed by atoms with van der Waals surface area (Å²) in [6.45, 7) is 1.65. The lowest BCUT2D eigenvalue weighted by Crippen LogP contribution is -2.34. The van der Waals surface area contributed by atoms with Crippen molar-refractivity contribution in [3.63, 3.8) is 0 Å². The predicted molar refractivity (Wildman–Crippen MR) is 223 cm³/mol. The molecule has 0 aromatic heterocycles. The van der Waals surface area contributed by atoms with E-state index < -0.39 is 23.9 Å². The molecule has 0 aliphatic rings. The summed E-state index contributed by atoms with van der Waals surface area (Å²) >= 11 is 12.6. The number of amides is 2. The summed E-state index contributed by atoms with van der Waals surface area (Å²) in [5, 5.41) is 41.2. The Morgan fingerprint density at radius 3 is 1.02 bits per heavy atom. The monoisotopic (exact) mass is 1330 g/mol. The quantitative estimate of drug-likeness (QED) is 0.147. The number of benzene rings is 2. The van der Waals surface area contributed by atoms with E-state index in [1.807, 2.05) is 12.1 Å². The Hall–Kier alpha value is -0.480. The highest BCUT2D eigenvalue weighted by Gasteiger charge is 2.22. The Labute approximate surface area is 350 Å². The van der Waals surface area contributed by atoms with Gasteiger partial charge in [-0.3, -0.25) is 38.6 Å². The lowest BCUT2D eigenvalue weighted by molar-refractivity contribution is -0.144. The number of nitrogens with one attached hydrogen (secondary N) is 2. The SMILES string of the molecule is CC(=O)Nc1c(I)cc(I)c(CN(CC(=O)O)CC(=O)O)c1I.CC(=O)Nc1c(I)cc(I)c(CN(CC(=O)O)CC(=O)O)c1I.O. The highest BCUT2D eigenvalue weighted by Crippen LogP contribution is 2.33. The van der Waals surface area contributed by atoms with E-state index in [0.29, 0.717) is 11.4 Å². The van der Waals surface area contributed by atoms with Crippen LogP contribution < -0.4 is 10.6 Å². The zero-order valence-corrected chi connectivity index (χ0v) is 37.2. The van der Waals surface area contributed by atoms with Gasteiger partial charge in [0.05, 0.1) is 37.6 Å². The van der Waals surface area contributed by atoms with Crippen LogP contribution in [0.25, 0.3) is 0 Å². The van der Waals surface area contributed by atoms with Gasteiger partial charge in [-0.05, 0) is 159 Å². The van der Waals surface area contributed by atoms with Gasteiger partial charge in [0.25, 0.3) is 0 Å².